The van der Waals surface area contributed by atoms with Gasteiger partial charge in [-0.2, -0.15) is 11.8 Å². The van der Waals surface area contributed by atoms with Crippen molar-refractivity contribution in [3.05, 3.63) is 0 Å². The standard InChI is InChI=1S/C18H32N6O7S/c1-9(19)15(27)22-10(3-5-13(20)25)16(28)23-11(4-6-14(21)26)17(29)24-12(18(30)31)7-8-32-2/h9-12H,3-8,19H2,1-2H3,(H2,20,25)(H2,21,26)(H,22,27)(H,23,28)(H,24,29)(H,30,31). The van der Waals surface area contributed by atoms with Crippen LogP contribution in [-0.2, 0) is 28.8 Å². The third-order valence-corrected chi connectivity index (χ3v) is 4.91. The van der Waals surface area contributed by atoms with Gasteiger partial charge in [0.1, 0.15) is 18.1 Å². The van der Waals surface area contributed by atoms with Crippen molar-refractivity contribution in [1.82, 2.24) is 16.0 Å². The van der Waals surface area contributed by atoms with Gasteiger partial charge in [0.05, 0.1) is 6.04 Å². The predicted octanol–water partition coefficient (Wildman–Crippen LogP) is -2.84. The molecule has 0 saturated heterocycles. The first-order chi connectivity index (χ1) is 14.9. The molecule has 0 aliphatic carbocycles. The Balaban J connectivity index is 5.49. The second-order valence-electron chi connectivity index (χ2n) is 7.10. The first kappa shape index (κ1) is 29.1. The molecule has 0 aliphatic rings. The molecular weight excluding hydrogens is 444 g/mol. The second kappa shape index (κ2) is 15.0. The summed E-state index contributed by atoms with van der Waals surface area (Å²) in [6.45, 7) is 1.39. The van der Waals surface area contributed by atoms with Crippen LogP contribution in [0.15, 0.2) is 0 Å². The number of thioether (sulfide) groups is 1. The smallest absolute Gasteiger partial charge is 0.326 e. The molecular formula is C18H32N6O7S. The van der Waals surface area contributed by atoms with Crippen molar-refractivity contribution in [2.75, 3.05) is 12.0 Å². The minimum atomic E-state index is -1.31. The van der Waals surface area contributed by atoms with E-state index < -0.39 is 59.7 Å². The number of hydrogen-bond acceptors (Lipinski definition) is 8. The third-order valence-electron chi connectivity index (χ3n) is 4.26. The summed E-state index contributed by atoms with van der Waals surface area (Å²) in [6.07, 6.45) is 1.06. The van der Waals surface area contributed by atoms with Crippen LogP contribution in [0.25, 0.3) is 0 Å². The Bertz CT molecular complexity index is 703. The number of carboxylic acids is 1. The molecule has 14 heteroatoms. The lowest BCUT2D eigenvalue weighted by Crippen LogP contribution is -2.57. The van der Waals surface area contributed by atoms with Gasteiger partial charge >= 0.3 is 5.97 Å². The van der Waals surface area contributed by atoms with Crippen LogP contribution < -0.4 is 33.2 Å². The fourth-order valence-electron chi connectivity index (χ4n) is 2.45. The molecule has 0 spiro atoms. The number of nitrogens with one attached hydrogen (secondary N) is 3. The molecule has 0 aromatic rings. The van der Waals surface area contributed by atoms with Crippen LogP contribution in [-0.4, -0.2) is 76.8 Å². The fourth-order valence-corrected chi connectivity index (χ4v) is 2.92. The van der Waals surface area contributed by atoms with E-state index in [0.717, 1.165) is 0 Å². The Kier molecular flexibility index (Phi) is 13.7. The SMILES string of the molecule is CSCCC(NC(=O)C(CCC(N)=O)NC(=O)C(CCC(N)=O)NC(=O)C(C)N)C(=O)O. The summed E-state index contributed by atoms with van der Waals surface area (Å²) < 4.78 is 0. The molecule has 0 aliphatic heterocycles. The van der Waals surface area contributed by atoms with Crippen molar-refractivity contribution in [2.24, 2.45) is 17.2 Å². The van der Waals surface area contributed by atoms with Gasteiger partial charge in [0.25, 0.3) is 0 Å². The highest BCUT2D eigenvalue weighted by molar-refractivity contribution is 7.98. The molecule has 0 aromatic heterocycles. The third kappa shape index (κ3) is 12.1. The Morgan fingerprint density at radius 2 is 1.19 bits per heavy atom. The lowest BCUT2D eigenvalue weighted by atomic mass is 10.1. The molecule has 182 valence electrons. The molecule has 0 rings (SSSR count). The molecule has 32 heavy (non-hydrogen) atoms. The number of carbonyl (C=O) groups is 6. The molecule has 13 nitrogen and oxygen atoms in total. The highest BCUT2D eigenvalue weighted by Gasteiger charge is 2.30. The summed E-state index contributed by atoms with van der Waals surface area (Å²) in [5.41, 5.74) is 15.7. The molecule has 0 radical (unpaired) electrons. The van der Waals surface area contributed by atoms with Crippen molar-refractivity contribution < 1.29 is 33.9 Å². The van der Waals surface area contributed by atoms with E-state index in [1.807, 2.05) is 0 Å². The average Bonchev–Trinajstić information content (AvgIpc) is 2.69. The number of carbonyl (C=O) groups excluding carboxylic acids is 5. The van der Waals surface area contributed by atoms with Crippen molar-refractivity contribution in [1.29, 1.82) is 0 Å². The lowest BCUT2D eigenvalue weighted by molar-refractivity contribution is -0.142. The van der Waals surface area contributed by atoms with Crippen LogP contribution in [0, 0.1) is 0 Å². The number of amides is 5. The summed E-state index contributed by atoms with van der Waals surface area (Å²) in [7, 11) is 0. The quantitative estimate of drug-likeness (QED) is 0.121. The number of carboxylic acid groups (broad SMARTS) is 1. The monoisotopic (exact) mass is 476 g/mol. The van der Waals surface area contributed by atoms with Gasteiger partial charge in [-0.1, -0.05) is 0 Å². The largest absolute Gasteiger partial charge is 0.480 e. The molecule has 0 saturated carbocycles. The number of rotatable bonds is 16. The molecule has 5 amide bonds. The first-order valence-electron chi connectivity index (χ1n) is 9.84. The Morgan fingerprint density at radius 3 is 1.53 bits per heavy atom. The summed E-state index contributed by atoms with van der Waals surface area (Å²) in [5, 5.41) is 16.4. The van der Waals surface area contributed by atoms with Crippen LogP contribution in [0.2, 0.25) is 0 Å². The van der Waals surface area contributed by atoms with Gasteiger partial charge in [-0.3, -0.25) is 24.0 Å². The van der Waals surface area contributed by atoms with Crippen molar-refractivity contribution >= 4 is 47.3 Å². The zero-order chi connectivity index (χ0) is 24.8. The fraction of sp³-hybridized carbons (Fsp3) is 0.667. The number of aliphatic carboxylic acids is 1. The van der Waals surface area contributed by atoms with E-state index in [2.05, 4.69) is 16.0 Å². The Labute approximate surface area is 189 Å². The van der Waals surface area contributed by atoms with Gasteiger partial charge in [0, 0.05) is 12.8 Å². The van der Waals surface area contributed by atoms with Crippen molar-refractivity contribution in [3.63, 3.8) is 0 Å². The molecule has 4 unspecified atom stereocenters. The second-order valence-corrected chi connectivity index (χ2v) is 8.09. The Morgan fingerprint density at radius 1 is 0.781 bits per heavy atom. The van der Waals surface area contributed by atoms with Crippen LogP contribution >= 0.6 is 11.8 Å². The van der Waals surface area contributed by atoms with Gasteiger partial charge in [0.15, 0.2) is 0 Å². The van der Waals surface area contributed by atoms with Gasteiger partial charge in [0.2, 0.25) is 29.5 Å². The average molecular weight is 477 g/mol. The van der Waals surface area contributed by atoms with Crippen molar-refractivity contribution in [2.45, 2.75) is 63.2 Å². The molecule has 0 aromatic carbocycles. The van der Waals surface area contributed by atoms with Gasteiger partial charge in [-0.25, -0.2) is 4.79 Å². The lowest BCUT2D eigenvalue weighted by Gasteiger charge is -2.24. The highest BCUT2D eigenvalue weighted by Crippen LogP contribution is 2.06. The normalized spacial score (nSPS) is 14.3. The zero-order valence-corrected chi connectivity index (χ0v) is 18.9. The van der Waals surface area contributed by atoms with E-state index >= 15 is 0 Å². The molecule has 0 fully saturated rings. The summed E-state index contributed by atoms with van der Waals surface area (Å²) >= 11 is 1.39. The van der Waals surface area contributed by atoms with Crippen LogP contribution in [0.4, 0.5) is 0 Å². The summed E-state index contributed by atoms with van der Waals surface area (Å²) in [6, 6.07) is -4.70. The van der Waals surface area contributed by atoms with Crippen LogP contribution in [0.1, 0.15) is 39.0 Å². The van der Waals surface area contributed by atoms with Crippen LogP contribution in [0.3, 0.4) is 0 Å². The minimum Gasteiger partial charge on any atom is -0.480 e. The first-order valence-corrected chi connectivity index (χ1v) is 11.2. The van der Waals surface area contributed by atoms with Crippen LogP contribution in [0.5, 0.6) is 0 Å². The predicted molar refractivity (Wildman–Crippen MR) is 117 cm³/mol. The minimum absolute atomic E-state index is 0.143. The maximum absolute atomic E-state index is 12.7. The van der Waals surface area contributed by atoms with E-state index in [-0.39, 0.29) is 32.1 Å². The topological polar surface area (TPSA) is 237 Å². The van der Waals surface area contributed by atoms with E-state index in [9.17, 15) is 33.9 Å². The van der Waals surface area contributed by atoms with E-state index in [1.54, 1.807) is 6.26 Å². The van der Waals surface area contributed by atoms with Crippen molar-refractivity contribution in [3.8, 4) is 0 Å². The number of nitrogens with two attached hydrogens (primary N) is 3. The number of primary amides is 2. The maximum atomic E-state index is 12.7. The number of hydrogen-bond donors (Lipinski definition) is 7. The highest BCUT2D eigenvalue weighted by atomic mass is 32.2. The molecule has 4 atom stereocenters. The zero-order valence-electron chi connectivity index (χ0n) is 18.1. The summed E-state index contributed by atoms with van der Waals surface area (Å²) in [5.74, 6) is -4.56. The molecule has 0 bridgehead atoms. The van der Waals surface area contributed by atoms with E-state index in [4.69, 9.17) is 17.2 Å². The van der Waals surface area contributed by atoms with E-state index in [1.165, 1.54) is 18.7 Å². The van der Waals surface area contributed by atoms with E-state index in [0.29, 0.717) is 5.75 Å². The Hall–Kier alpha value is -2.87. The summed E-state index contributed by atoms with van der Waals surface area (Å²) in [4.78, 5) is 71.0. The van der Waals surface area contributed by atoms with Gasteiger partial charge in [-0.05, 0) is 38.2 Å². The van der Waals surface area contributed by atoms with Gasteiger partial charge < -0.3 is 38.3 Å². The maximum Gasteiger partial charge on any atom is 0.326 e. The molecule has 10 N–H and O–H groups in total. The molecule has 0 heterocycles. The van der Waals surface area contributed by atoms with Gasteiger partial charge in [-0.15, -0.1) is 0 Å².